The van der Waals surface area contributed by atoms with Crippen LogP contribution in [0.4, 0.5) is 0 Å². The lowest BCUT2D eigenvalue weighted by atomic mass is 10.2. The molecule has 8 heteroatoms. The first-order chi connectivity index (χ1) is 13.4. The Hall–Kier alpha value is -3.00. The van der Waals surface area contributed by atoms with Crippen LogP contribution in [0.15, 0.2) is 35.4 Å². The predicted octanol–water partition coefficient (Wildman–Crippen LogP) is 3.71. The Labute approximate surface area is 165 Å². The topological polar surface area (TPSA) is 92.7 Å². The second kappa shape index (κ2) is 6.87. The molecule has 0 aliphatic rings. The number of aromatic amines is 1. The van der Waals surface area contributed by atoms with Crippen LogP contribution in [-0.2, 0) is 0 Å². The van der Waals surface area contributed by atoms with Crippen LogP contribution in [0.2, 0.25) is 0 Å². The van der Waals surface area contributed by atoms with Gasteiger partial charge in [-0.2, -0.15) is 0 Å². The summed E-state index contributed by atoms with van der Waals surface area (Å²) >= 11 is 1.23. The maximum absolute atomic E-state index is 12.9. The molecule has 1 unspecified atom stereocenters. The molecule has 0 aliphatic carbocycles. The second-order valence-electron chi connectivity index (χ2n) is 7.09. The number of aromatic nitrogens is 4. The molecule has 0 saturated carbocycles. The van der Waals surface area contributed by atoms with Crippen molar-refractivity contribution in [1.82, 2.24) is 24.8 Å². The zero-order chi connectivity index (χ0) is 20.0. The van der Waals surface area contributed by atoms with Crippen LogP contribution in [-0.4, -0.2) is 25.4 Å². The second-order valence-corrected chi connectivity index (χ2v) is 8.08. The van der Waals surface area contributed by atoms with Crippen molar-refractivity contribution < 1.29 is 4.79 Å². The molecule has 4 aromatic rings. The van der Waals surface area contributed by atoms with E-state index in [-0.39, 0.29) is 23.6 Å². The quantitative estimate of drug-likeness (QED) is 0.551. The number of benzene rings is 1. The van der Waals surface area contributed by atoms with Crippen molar-refractivity contribution in [2.45, 2.75) is 39.8 Å². The highest BCUT2D eigenvalue weighted by molar-refractivity contribution is 7.20. The molecule has 0 bridgehead atoms. The highest BCUT2D eigenvalue weighted by Crippen LogP contribution is 2.28. The van der Waals surface area contributed by atoms with Crippen molar-refractivity contribution >= 4 is 38.5 Å². The minimum Gasteiger partial charge on any atom is -0.342 e. The van der Waals surface area contributed by atoms with E-state index >= 15 is 0 Å². The monoisotopic (exact) mass is 395 g/mol. The third-order valence-corrected chi connectivity index (χ3v) is 6.01. The molecule has 3 heterocycles. The Balaban J connectivity index is 1.70. The lowest BCUT2D eigenvalue weighted by Gasteiger charge is -2.18. The number of H-pyrrole nitrogens is 1. The first-order valence-corrected chi connectivity index (χ1v) is 9.94. The molecule has 28 heavy (non-hydrogen) atoms. The van der Waals surface area contributed by atoms with Crippen LogP contribution in [0, 0.1) is 6.92 Å². The Morgan fingerprint density at radius 3 is 2.71 bits per heavy atom. The third kappa shape index (κ3) is 2.90. The highest BCUT2D eigenvalue weighted by Gasteiger charge is 2.23. The molecule has 0 spiro atoms. The van der Waals surface area contributed by atoms with E-state index in [0.29, 0.717) is 20.7 Å². The van der Waals surface area contributed by atoms with Gasteiger partial charge in [0.05, 0.1) is 33.7 Å². The number of aryl methyl sites for hydroxylation is 1. The summed E-state index contributed by atoms with van der Waals surface area (Å²) < 4.78 is 2.14. The van der Waals surface area contributed by atoms with E-state index in [4.69, 9.17) is 4.98 Å². The van der Waals surface area contributed by atoms with Crippen molar-refractivity contribution in [3.8, 4) is 0 Å². The fraction of sp³-hybridized carbons (Fsp3) is 0.300. The Bertz CT molecular complexity index is 1250. The van der Waals surface area contributed by atoms with Gasteiger partial charge in [-0.05, 0) is 45.4 Å². The van der Waals surface area contributed by atoms with Crippen molar-refractivity contribution in [3.63, 3.8) is 0 Å². The van der Waals surface area contributed by atoms with Crippen LogP contribution in [0.3, 0.4) is 0 Å². The molecule has 1 aromatic carbocycles. The van der Waals surface area contributed by atoms with E-state index < -0.39 is 0 Å². The van der Waals surface area contributed by atoms with Crippen LogP contribution >= 0.6 is 11.3 Å². The van der Waals surface area contributed by atoms with Gasteiger partial charge in [-0.1, -0.05) is 12.1 Å². The maximum atomic E-state index is 12.9. The van der Waals surface area contributed by atoms with E-state index in [1.165, 1.54) is 17.7 Å². The molecule has 1 atom stereocenters. The number of fused-ring (bicyclic) bond motifs is 2. The molecule has 0 fully saturated rings. The van der Waals surface area contributed by atoms with Crippen molar-refractivity contribution in [2.24, 2.45) is 0 Å². The number of imidazole rings is 1. The molecular weight excluding hydrogens is 374 g/mol. The summed E-state index contributed by atoms with van der Waals surface area (Å²) in [6.07, 6.45) is 1.36. The molecule has 4 rings (SSSR count). The fourth-order valence-corrected chi connectivity index (χ4v) is 4.59. The average molecular weight is 395 g/mol. The number of nitrogens with zero attached hydrogens (tertiary/aromatic N) is 3. The van der Waals surface area contributed by atoms with Crippen LogP contribution < -0.4 is 10.9 Å². The van der Waals surface area contributed by atoms with E-state index in [2.05, 4.69) is 33.7 Å². The number of amides is 1. The minimum atomic E-state index is -0.293. The van der Waals surface area contributed by atoms with E-state index in [9.17, 15) is 9.59 Å². The predicted molar refractivity (Wildman–Crippen MR) is 111 cm³/mol. The van der Waals surface area contributed by atoms with Crippen molar-refractivity contribution in [1.29, 1.82) is 0 Å². The van der Waals surface area contributed by atoms with Gasteiger partial charge in [-0.15, -0.1) is 11.3 Å². The lowest BCUT2D eigenvalue weighted by molar-refractivity contribution is 0.0941. The minimum absolute atomic E-state index is 0.204. The molecule has 0 radical (unpaired) electrons. The number of carbonyl (C=O) groups is 1. The summed E-state index contributed by atoms with van der Waals surface area (Å²) in [5.74, 6) is 0.578. The van der Waals surface area contributed by atoms with Crippen LogP contribution in [0.1, 0.15) is 53.9 Å². The molecule has 7 nitrogen and oxygen atoms in total. The van der Waals surface area contributed by atoms with Crippen molar-refractivity contribution in [2.75, 3.05) is 0 Å². The average Bonchev–Trinajstić information content (AvgIpc) is 3.21. The molecule has 144 valence electrons. The standard InChI is InChI=1S/C20H21N5O2S/c1-10(2)25-14-8-6-5-7-13(14)24-17(25)12(4)23-19(27)16-11(3)15-18(26)21-9-22-20(15)28-16/h5-10,12H,1-4H3,(H,23,27)(H,21,22,26). The normalized spacial score (nSPS) is 12.8. The van der Waals surface area contributed by atoms with Crippen molar-refractivity contribution in [3.05, 3.63) is 57.2 Å². The summed E-state index contributed by atoms with van der Waals surface area (Å²) in [4.78, 5) is 37.6. The summed E-state index contributed by atoms with van der Waals surface area (Å²) in [6.45, 7) is 7.89. The Morgan fingerprint density at radius 2 is 2.00 bits per heavy atom. The summed E-state index contributed by atoms with van der Waals surface area (Å²) in [6, 6.07) is 7.86. The number of nitrogens with one attached hydrogen (secondary N) is 2. The Morgan fingerprint density at radius 1 is 1.25 bits per heavy atom. The number of thiophene rings is 1. The summed E-state index contributed by atoms with van der Waals surface area (Å²) in [5, 5.41) is 3.51. The fourth-order valence-electron chi connectivity index (χ4n) is 3.53. The van der Waals surface area contributed by atoms with Crippen LogP contribution in [0.25, 0.3) is 21.3 Å². The summed E-state index contributed by atoms with van der Waals surface area (Å²) in [5.41, 5.74) is 2.37. The number of para-hydroxylation sites is 2. The van der Waals surface area contributed by atoms with E-state index in [1.807, 2.05) is 31.2 Å². The smallest absolute Gasteiger partial charge is 0.262 e. The molecule has 1 amide bonds. The molecule has 3 aromatic heterocycles. The van der Waals surface area contributed by atoms with Gasteiger partial charge in [0.15, 0.2) is 0 Å². The van der Waals surface area contributed by atoms with Gasteiger partial charge in [0.1, 0.15) is 10.7 Å². The van der Waals surface area contributed by atoms with Gasteiger partial charge < -0.3 is 14.9 Å². The number of carbonyl (C=O) groups excluding carboxylic acids is 1. The number of hydrogen-bond acceptors (Lipinski definition) is 5. The van der Waals surface area contributed by atoms with Crippen LogP contribution in [0.5, 0.6) is 0 Å². The van der Waals surface area contributed by atoms with Gasteiger partial charge in [0.25, 0.3) is 11.5 Å². The van der Waals surface area contributed by atoms with Gasteiger partial charge in [0.2, 0.25) is 0 Å². The first-order valence-electron chi connectivity index (χ1n) is 9.13. The summed E-state index contributed by atoms with van der Waals surface area (Å²) in [7, 11) is 0. The van der Waals surface area contributed by atoms with Gasteiger partial charge in [-0.25, -0.2) is 9.97 Å². The number of hydrogen-bond donors (Lipinski definition) is 2. The van der Waals surface area contributed by atoms with Gasteiger partial charge in [-0.3, -0.25) is 9.59 Å². The van der Waals surface area contributed by atoms with E-state index in [1.54, 1.807) is 6.92 Å². The molecule has 2 N–H and O–H groups in total. The van der Waals surface area contributed by atoms with Gasteiger partial charge >= 0.3 is 0 Å². The highest BCUT2D eigenvalue weighted by atomic mass is 32.1. The first kappa shape index (κ1) is 18.4. The maximum Gasteiger partial charge on any atom is 0.262 e. The van der Waals surface area contributed by atoms with E-state index in [0.717, 1.165) is 16.9 Å². The molecule has 0 aliphatic heterocycles. The third-order valence-electron chi connectivity index (χ3n) is 4.81. The van der Waals surface area contributed by atoms with Gasteiger partial charge in [0, 0.05) is 6.04 Å². The largest absolute Gasteiger partial charge is 0.342 e. The number of rotatable bonds is 4. The molecule has 0 saturated heterocycles. The molecular formula is C20H21N5O2S. The zero-order valence-corrected chi connectivity index (χ0v) is 16.9. The SMILES string of the molecule is Cc1c(C(=O)NC(C)c2nc3ccccc3n2C(C)C)sc2nc[nH]c(=O)c12. The Kier molecular flexibility index (Phi) is 4.50. The lowest BCUT2D eigenvalue weighted by Crippen LogP contribution is -2.29. The zero-order valence-electron chi connectivity index (χ0n) is 16.1.